The lowest BCUT2D eigenvalue weighted by molar-refractivity contribution is 0.305. The topological polar surface area (TPSA) is 20.2 Å². The zero-order chi connectivity index (χ0) is 12.8. The summed E-state index contributed by atoms with van der Waals surface area (Å²) in [5.74, 6) is 0. The van der Waals surface area contributed by atoms with Gasteiger partial charge in [0.25, 0.3) is 0 Å². The highest BCUT2D eigenvalue weighted by Crippen LogP contribution is 2.24. The Bertz CT molecular complexity index is 532. The maximum absolute atomic E-state index is 9.17. The van der Waals surface area contributed by atoms with E-state index in [1.54, 1.807) is 0 Å². The van der Waals surface area contributed by atoms with E-state index >= 15 is 0 Å². The molecule has 0 aliphatic heterocycles. The molecule has 18 heavy (non-hydrogen) atoms. The van der Waals surface area contributed by atoms with Crippen LogP contribution in [0.5, 0.6) is 0 Å². The van der Waals surface area contributed by atoms with Crippen LogP contribution in [0.3, 0.4) is 0 Å². The smallest absolute Gasteiger partial charge is 0.0478 e. The summed E-state index contributed by atoms with van der Waals surface area (Å²) in [5.41, 5.74) is 3.18. The quantitative estimate of drug-likeness (QED) is 0.813. The van der Waals surface area contributed by atoms with Crippen molar-refractivity contribution in [3.63, 3.8) is 0 Å². The zero-order valence-electron chi connectivity index (χ0n) is 10.0. The Hall–Kier alpha value is -1.57. The summed E-state index contributed by atoms with van der Waals surface area (Å²) >= 11 is 6.15. The van der Waals surface area contributed by atoms with E-state index in [0.29, 0.717) is 6.42 Å². The van der Waals surface area contributed by atoms with E-state index in [2.05, 4.69) is 0 Å². The van der Waals surface area contributed by atoms with Crippen LogP contribution in [0.15, 0.2) is 54.6 Å². The second-order valence-electron chi connectivity index (χ2n) is 4.03. The van der Waals surface area contributed by atoms with Crippen molar-refractivity contribution in [3.05, 3.63) is 70.7 Å². The van der Waals surface area contributed by atoms with E-state index in [1.807, 2.05) is 60.7 Å². The van der Waals surface area contributed by atoms with Crippen LogP contribution in [0, 0.1) is 0 Å². The van der Waals surface area contributed by atoms with Gasteiger partial charge in [-0.25, -0.2) is 0 Å². The van der Waals surface area contributed by atoms with Crippen LogP contribution in [0.4, 0.5) is 0 Å². The molecule has 2 aromatic carbocycles. The standard InChI is InChI=1S/C16H15ClO/c17-16-9-5-4-8-15(16)12-14(10-11-18)13-6-2-1-3-7-13/h1-9,12,18H,10-11H2/b14-12-. The first-order valence-corrected chi connectivity index (χ1v) is 6.30. The van der Waals surface area contributed by atoms with Gasteiger partial charge in [-0.2, -0.15) is 0 Å². The van der Waals surface area contributed by atoms with E-state index < -0.39 is 0 Å². The molecule has 0 aliphatic carbocycles. The van der Waals surface area contributed by atoms with E-state index in [-0.39, 0.29) is 6.61 Å². The Kier molecular flexibility index (Phi) is 4.57. The van der Waals surface area contributed by atoms with Gasteiger partial charge in [0.15, 0.2) is 0 Å². The minimum atomic E-state index is 0.130. The maximum atomic E-state index is 9.17. The predicted molar refractivity (Wildman–Crippen MR) is 77.5 cm³/mol. The molecule has 0 atom stereocenters. The van der Waals surface area contributed by atoms with Gasteiger partial charge in [0, 0.05) is 11.6 Å². The highest BCUT2D eigenvalue weighted by Gasteiger charge is 2.02. The molecule has 2 heteroatoms. The number of aliphatic hydroxyl groups excluding tert-OH is 1. The molecule has 0 amide bonds. The van der Waals surface area contributed by atoms with E-state index in [0.717, 1.165) is 21.7 Å². The van der Waals surface area contributed by atoms with Crippen molar-refractivity contribution in [2.24, 2.45) is 0 Å². The van der Waals surface area contributed by atoms with Gasteiger partial charge in [-0.15, -0.1) is 0 Å². The molecule has 1 nitrogen and oxygen atoms in total. The second-order valence-corrected chi connectivity index (χ2v) is 4.44. The molecule has 0 heterocycles. The van der Waals surface area contributed by atoms with Gasteiger partial charge < -0.3 is 5.11 Å². The third kappa shape index (κ3) is 3.22. The van der Waals surface area contributed by atoms with Gasteiger partial charge in [-0.1, -0.05) is 60.1 Å². The third-order valence-corrected chi connectivity index (χ3v) is 3.10. The normalized spacial score (nSPS) is 11.6. The molecule has 0 saturated heterocycles. The molecular weight excluding hydrogens is 244 g/mol. The van der Waals surface area contributed by atoms with Crippen molar-refractivity contribution in [1.82, 2.24) is 0 Å². The summed E-state index contributed by atoms with van der Waals surface area (Å²) in [6.07, 6.45) is 2.66. The van der Waals surface area contributed by atoms with Crippen molar-refractivity contribution < 1.29 is 5.11 Å². The van der Waals surface area contributed by atoms with E-state index in [4.69, 9.17) is 11.6 Å². The zero-order valence-corrected chi connectivity index (χ0v) is 10.8. The molecule has 2 aromatic rings. The Morgan fingerprint density at radius 1 is 1.00 bits per heavy atom. The lowest BCUT2D eigenvalue weighted by Crippen LogP contribution is -1.89. The third-order valence-electron chi connectivity index (χ3n) is 2.76. The molecule has 0 aliphatic rings. The summed E-state index contributed by atoms with van der Waals surface area (Å²) < 4.78 is 0. The fourth-order valence-corrected chi connectivity index (χ4v) is 2.04. The number of halogens is 1. The van der Waals surface area contributed by atoms with Crippen molar-refractivity contribution in [2.45, 2.75) is 6.42 Å². The summed E-state index contributed by atoms with van der Waals surface area (Å²) in [5, 5.41) is 9.90. The van der Waals surface area contributed by atoms with Gasteiger partial charge in [-0.3, -0.25) is 0 Å². The number of hydrogen-bond acceptors (Lipinski definition) is 1. The maximum Gasteiger partial charge on any atom is 0.0478 e. The molecule has 0 unspecified atom stereocenters. The molecule has 92 valence electrons. The summed E-state index contributed by atoms with van der Waals surface area (Å²) in [4.78, 5) is 0. The molecule has 0 radical (unpaired) electrons. The lowest BCUT2D eigenvalue weighted by atomic mass is 10.0. The van der Waals surface area contributed by atoms with Crippen LogP contribution in [0.2, 0.25) is 5.02 Å². The molecule has 0 saturated carbocycles. The minimum absolute atomic E-state index is 0.130. The van der Waals surface area contributed by atoms with Crippen molar-refractivity contribution in [3.8, 4) is 0 Å². The van der Waals surface area contributed by atoms with Gasteiger partial charge in [0.1, 0.15) is 0 Å². The van der Waals surface area contributed by atoms with E-state index in [1.165, 1.54) is 0 Å². The molecule has 0 bridgehead atoms. The molecule has 1 N–H and O–H groups in total. The highest BCUT2D eigenvalue weighted by atomic mass is 35.5. The number of aliphatic hydroxyl groups is 1. The molecule has 0 fully saturated rings. The van der Waals surface area contributed by atoms with Gasteiger partial charge in [-0.05, 0) is 35.3 Å². The summed E-state index contributed by atoms with van der Waals surface area (Å²) in [6, 6.07) is 17.8. The second kappa shape index (κ2) is 6.39. The average Bonchev–Trinajstić information content (AvgIpc) is 2.42. The Balaban J connectivity index is 2.40. The Labute approximate surface area is 112 Å². The number of benzene rings is 2. The summed E-state index contributed by atoms with van der Waals surface area (Å²) in [7, 11) is 0. The largest absolute Gasteiger partial charge is 0.396 e. The van der Waals surface area contributed by atoms with Crippen molar-refractivity contribution in [1.29, 1.82) is 0 Å². The van der Waals surface area contributed by atoms with Gasteiger partial charge in [0.05, 0.1) is 0 Å². The average molecular weight is 259 g/mol. The van der Waals surface area contributed by atoms with Crippen LogP contribution in [-0.2, 0) is 0 Å². The fourth-order valence-electron chi connectivity index (χ4n) is 1.85. The number of rotatable bonds is 4. The first kappa shape index (κ1) is 12.9. The van der Waals surface area contributed by atoms with Crippen LogP contribution < -0.4 is 0 Å². The fraction of sp³-hybridized carbons (Fsp3) is 0.125. The monoisotopic (exact) mass is 258 g/mol. The van der Waals surface area contributed by atoms with Gasteiger partial charge >= 0.3 is 0 Å². The minimum Gasteiger partial charge on any atom is -0.396 e. The molecule has 2 rings (SSSR count). The Morgan fingerprint density at radius 3 is 2.33 bits per heavy atom. The number of hydrogen-bond donors (Lipinski definition) is 1. The van der Waals surface area contributed by atoms with E-state index in [9.17, 15) is 5.11 Å². The van der Waals surface area contributed by atoms with Crippen molar-refractivity contribution in [2.75, 3.05) is 6.61 Å². The highest BCUT2D eigenvalue weighted by molar-refractivity contribution is 6.32. The van der Waals surface area contributed by atoms with Crippen LogP contribution in [0.25, 0.3) is 11.6 Å². The molecule has 0 aromatic heterocycles. The first-order chi connectivity index (χ1) is 8.81. The van der Waals surface area contributed by atoms with Crippen molar-refractivity contribution >= 4 is 23.3 Å². The molecule has 0 spiro atoms. The van der Waals surface area contributed by atoms with Crippen LogP contribution in [0.1, 0.15) is 17.5 Å². The Morgan fingerprint density at radius 2 is 1.67 bits per heavy atom. The van der Waals surface area contributed by atoms with Crippen LogP contribution in [-0.4, -0.2) is 11.7 Å². The lowest BCUT2D eigenvalue weighted by Gasteiger charge is -2.07. The SMILES string of the molecule is OCC/C(=C/c1ccccc1Cl)c1ccccc1. The molecular formula is C16H15ClO. The predicted octanol–water partition coefficient (Wildman–Crippen LogP) is 4.26. The summed E-state index contributed by atoms with van der Waals surface area (Å²) in [6.45, 7) is 0.130. The first-order valence-electron chi connectivity index (χ1n) is 5.92. The van der Waals surface area contributed by atoms with Gasteiger partial charge in [0.2, 0.25) is 0 Å². The van der Waals surface area contributed by atoms with Crippen LogP contribution >= 0.6 is 11.6 Å².